The fraction of sp³-hybridized carbons (Fsp3) is 0.0800. The van der Waals surface area contributed by atoms with Gasteiger partial charge in [0.2, 0.25) is 0 Å². The van der Waals surface area contributed by atoms with Gasteiger partial charge in [-0.1, -0.05) is 48.5 Å². The van der Waals surface area contributed by atoms with Crippen LogP contribution in [0.5, 0.6) is 11.5 Å². The zero-order chi connectivity index (χ0) is 22.5. The van der Waals surface area contributed by atoms with Crippen LogP contribution in [-0.2, 0) is 16.2 Å². The van der Waals surface area contributed by atoms with Gasteiger partial charge in [-0.05, 0) is 54.2 Å². The summed E-state index contributed by atoms with van der Waals surface area (Å²) < 4.78 is 11.1. The van der Waals surface area contributed by atoms with Crippen LogP contribution in [0.25, 0.3) is 6.08 Å². The third-order valence-corrected chi connectivity index (χ3v) is 5.17. The highest BCUT2D eigenvalue weighted by molar-refractivity contribution is 7.80. The van der Waals surface area contributed by atoms with Crippen molar-refractivity contribution in [2.75, 3.05) is 12.0 Å². The van der Waals surface area contributed by atoms with Crippen molar-refractivity contribution >= 4 is 40.9 Å². The Morgan fingerprint density at radius 1 is 0.938 bits per heavy atom. The standard InChI is InChI=1S/C25H20N2O4S/c1-30-20-13-11-19(12-14-20)27-24(29)21(23(28)26-25(27)32)15-18-9-5-6-10-22(18)31-16-17-7-3-2-4-8-17/h2-15H,16H2,1H3,(H,26,28,32)/b21-15+. The summed E-state index contributed by atoms with van der Waals surface area (Å²) in [6.07, 6.45) is 1.52. The number of amides is 2. The van der Waals surface area contributed by atoms with Gasteiger partial charge in [0.25, 0.3) is 11.8 Å². The number of carbonyl (C=O) groups excluding carboxylic acids is 2. The lowest BCUT2D eigenvalue weighted by molar-refractivity contribution is -0.122. The van der Waals surface area contributed by atoms with E-state index in [1.54, 1.807) is 43.5 Å². The summed E-state index contributed by atoms with van der Waals surface area (Å²) in [6.45, 7) is 0.364. The van der Waals surface area contributed by atoms with Crippen molar-refractivity contribution in [1.82, 2.24) is 5.32 Å². The van der Waals surface area contributed by atoms with Crippen LogP contribution in [0.15, 0.2) is 84.4 Å². The maximum Gasteiger partial charge on any atom is 0.270 e. The summed E-state index contributed by atoms with van der Waals surface area (Å²) in [6, 6.07) is 23.8. The molecule has 0 aromatic heterocycles. The first-order chi connectivity index (χ1) is 15.6. The second-order valence-electron chi connectivity index (χ2n) is 6.97. The lowest BCUT2D eigenvalue weighted by atomic mass is 10.1. The molecule has 3 aromatic carbocycles. The summed E-state index contributed by atoms with van der Waals surface area (Å²) >= 11 is 5.25. The molecule has 1 aliphatic heterocycles. The number of anilines is 1. The number of para-hydroxylation sites is 1. The molecule has 1 heterocycles. The van der Waals surface area contributed by atoms with Gasteiger partial charge in [0.1, 0.15) is 23.7 Å². The Morgan fingerprint density at radius 3 is 2.34 bits per heavy atom. The number of benzene rings is 3. The van der Waals surface area contributed by atoms with Crippen LogP contribution in [0.2, 0.25) is 0 Å². The molecule has 1 fully saturated rings. The molecule has 1 aliphatic rings. The summed E-state index contributed by atoms with van der Waals surface area (Å²) in [5.74, 6) is 0.145. The quantitative estimate of drug-likeness (QED) is 0.352. The molecule has 6 nitrogen and oxygen atoms in total. The fourth-order valence-electron chi connectivity index (χ4n) is 3.25. The third kappa shape index (κ3) is 4.53. The third-order valence-electron chi connectivity index (χ3n) is 4.89. The van der Waals surface area contributed by atoms with Crippen molar-refractivity contribution in [2.45, 2.75) is 6.61 Å². The number of ether oxygens (including phenoxy) is 2. The highest BCUT2D eigenvalue weighted by atomic mass is 32.1. The van der Waals surface area contributed by atoms with Crippen molar-refractivity contribution in [3.8, 4) is 11.5 Å². The van der Waals surface area contributed by atoms with Gasteiger partial charge in [-0.15, -0.1) is 0 Å². The first-order valence-corrected chi connectivity index (χ1v) is 10.3. The van der Waals surface area contributed by atoms with Crippen molar-refractivity contribution in [3.05, 3.63) is 95.6 Å². The smallest absolute Gasteiger partial charge is 0.270 e. The van der Waals surface area contributed by atoms with E-state index in [2.05, 4.69) is 5.32 Å². The summed E-state index contributed by atoms with van der Waals surface area (Å²) in [5, 5.41) is 2.62. The van der Waals surface area contributed by atoms with Gasteiger partial charge in [0, 0.05) is 5.56 Å². The Hall–Kier alpha value is -3.97. The fourth-order valence-corrected chi connectivity index (χ4v) is 3.53. The highest BCUT2D eigenvalue weighted by Gasteiger charge is 2.34. The van der Waals surface area contributed by atoms with E-state index >= 15 is 0 Å². The lowest BCUT2D eigenvalue weighted by Crippen LogP contribution is -2.54. The van der Waals surface area contributed by atoms with Crippen molar-refractivity contribution < 1.29 is 19.1 Å². The van der Waals surface area contributed by atoms with E-state index in [0.29, 0.717) is 29.4 Å². The molecular weight excluding hydrogens is 424 g/mol. The van der Waals surface area contributed by atoms with Gasteiger partial charge >= 0.3 is 0 Å². The molecular formula is C25H20N2O4S. The zero-order valence-electron chi connectivity index (χ0n) is 17.3. The van der Waals surface area contributed by atoms with Crippen LogP contribution in [-0.4, -0.2) is 24.0 Å². The minimum atomic E-state index is -0.553. The van der Waals surface area contributed by atoms with Crippen molar-refractivity contribution in [2.24, 2.45) is 0 Å². The van der Waals surface area contributed by atoms with E-state index in [-0.39, 0.29) is 10.7 Å². The lowest BCUT2D eigenvalue weighted by Gasteiger charge is -2.29. The molecule has 0 radical (unpaired) electrons. The number of nitrogens with zero attached hydrogens (tertiary/aromatic N) is 1. The zero-order valence-corrected chi connectivity index (χ0v) is 18.1. The maximum atomic E-state index is 13.2. The van der Waals surface area contributed by atoms with Gasteiger partial charge in [-0.25, -0.2) is 0 Å². The maximum absolute atomic E-state index is 13.2. The molecule has 0 saturated carbocycles. The van der Waals surface area contributed by atoms with Crippen LogP contribution in [0.4, 0.5) is 5.69 Å². The number of carbonyl (C=O) groups is 2. The van der Waals surface area contributed by atoms with Crippen LogP contribution >= 0.6 is 12.2 Å². The average Bonchev–Trinajstić information content (AvgIpc) is 2.82. The number of thiocarbonyl (C=S) groups is 1. The van der Waals surface area contributed by atoms with Crippen LogP contribution in [0.3, 0.4) is 0 Å². The van der Waals surface area contributed by atoms with E-state index < -0.39 is 11.8 Å². The monoisotopic (exact) mass is 444 g/mol. The van der Waals surface area contributed by atoms with E-state index in [4.69, 9.17) is 21.7 Å². The van der Waals surface area contributed by atoms with E-state index in [1.165, 1.54) is 11.0 Å². The highest BCUT2D eigenvalue weighted by Crippen LogP contribution is 2.27. The minimum Gasteiger partial charge on any atom is -0.497 e. The molecule has 0 spiro atoms. The molecule has 0 bridgehead atoms. The van der Waals surface area contributed by atoms with Gasteiger partial charge < -0.3 is 9.47 Å². The molecule has 3 aromatic rings. The number of hydrogen-bond acceptors (Lipinski definition) is 5. The van der Waals surface area contributed by atoms with Crippen LogP contribution in [0, 0.1) is 0 Å². The van der Waals surface area contributed by atoms with Gasteiger partial charge in [-0.3, -0.25) is 19.8 Å². The Morgan fingerprint density at radius 2 is 1.62 bits per heavy atom. The van der Waals surface area contributed by atoms with Gasteiger partial charge in [-0.2, -0.15) is 0 Å². The van der Waals surface area contributed by atoms with E-state index in [0.717, 1.165) is 5.56 Å². The topological polar surface area (TPSA) is 67.9 Å². The summed E-state index contributed by atoms with van der Waals surface area (Å²) in [5.41, 5.74) is 2.12. The Labute approximate surface area is 191 Å². The first kappa shape index (κ1) is 21.3. The average molecular weight is 445 g/mol. The predicted molar refractivity (Wildman–Crippen MR) is 126 cm³/mol. The molecule has 1 saturated heterocycles. The molecule has 0 unspecified atom stereocenters. The van der Waals surface area contributed by atoms with Crippen molar-refractivity contribution in [3.63, 3.8) is 0 Å². The SMILES string of the molecule is COc1ccc(N2C(=O)/C(=C/c3ccccc3OCc3ccccc3)C(=O)NC2=S)cc1. The molecule has 4 rings (SSSR count). The number of hydrogen-bond donors (Lipinski definition) is 1. The first-order valence-electron chi connectivity index (χ1n) is 9.88. The molecule has 7 heteroatoms. The summed E-state index contributed by atoms with van der Waals surface area (Å²) in [4.78, 5) is 27.1. The Kier molecular flexibility index (Phi) is 6.28. The van der Waals surface area contributed by atoms with Gasteiger partial charge in [0.05, 0.1) is 12.8 Å². The normalized spacial score (nSPS) is 15.0. The molecule has 1 N–H and O–H groups in total. The molecule has 160 valence electrons. The molecule has 2 amide bonds. The second kappa shape index (κ2) is 9.45. The van der Waals surface area contributed by atoms with Gasteiger partial charge in [0.15, 0.2) is 5.11 Å². The van der Waals surface area contributed by atoms with E-state index in [9.17, 15) is 9.59 Å². The Bertz CT molecular complexity index is 1190. The van der Waals surface area contributed by atoms with Crippen LogP contribution in [0.1, 0.15) is 11.1 Å². The summed E-state index contributed by atoms with van der Waals surface area (Å²) in [7, 11) is 1.56. The minimum absolute atomic E-state index is 0.0240. The molecule has 0 aliphatic carbocycles. The largest absolute Gasteiger partial charge is 0.497 e. The van der Waals surface area contributed by atoms with Crippen LogP contribution < -0.4 is 19.7 Å². The predicted octanol–water partition coefficient (Wildman–Crippen LogP) is 4.11. The number of methoxy groups -OCH3 is 1. The Balaban J connectivity index is 1.63. The van der Waals surface area contributed by atoms with E-state index in [1.807, 2.05) is 42.5 Å². The van der Waals surface area contributed by atoms with Crippen molar-refractivity contribution in [1.29, 1.82) is 0 Å². The molecule has 32 heavy (non-hydrogen) atoms. The molecule has 0 atom stereocenters. The second-order valence-corrected chi connectivity index (χ2v) is 7.35. The number of nitrogens with one attached hydrogen (secondary N) is 1. The number of rotatable bonds is 6.